The van der Waals surface area contributed by atoms with E-state index in [0.717, 1.165) is 51.8 Å². The van der Waals surface area contributed by atoms with Gasteiger partial charge >= 0.3 is 0 Å². The fraction of sp³-hybridized carbons (Fsp3) is 0.0612. The molecule has 0 amide bonds. The molecule has 0 bridgehead atoms. The van der Waals surface area contributed by atoms with Crippen LogP contribution in [0.3, 0.4) is 0 Å². The molecule has 238 valence electrons. The molecule has 0 atom stereocenters. The summed E-state index contributed by atoms with van der Waals surface area (Å²) in [6.45, 7) is 0. The van der Waals surface area contributed by atoms with E-state index in [0.29, 0.717) is 0 Å². The van der Waals surface area contributed by atoms with Gasteiger partial charge in [-0.15, -0.1) is 0 Å². The molecule has 0 saturated heterocycles. The minimum absolute atomic E-state index is 0.467. The van der Waals surface area contributed by atoms with E-state index >= 15 is 0 Å². The molecular formula is C49H31NO. The molecule has 3 aliphatic carbocycles. The van der Waals surface area contributed by atoms with E-state index in [4.69, 9.17) is 4.42 Å². The fourth-order valence-corrected chi connectivity index (χ4v) is 9.99. The number of benzene rings is 8. The van der Waals surface area contributed by atoms with Gasteiger partial charge in [0.15, 0.2) is 5.58 Å². The molecule has 0 N–H and O–H groups in total. The van der Waals surface area contributed by atoms with Gasteiger partial charge in [0.1, 0.15) is 5.58 Å². The van der Waals surface area contributed by atoms with Crippen molar-refractivity contribution in [3.63, 3.8) is 0 Å². The molecule has 51 heavy (non-hydrogen) atoms. The van der Waals surface area contributed by atoms with Gasteiger partial charge in [0, 0.05) is 27.7 Å². The summed E-state index contributed by atoms with van der Waals surface area (Å²) in [7, 11) is 0. The lowest BCUT2D eigenvalue weighted by Gasteiger charge is -2.40. The summed E-state index contributed by atoms with van der Waals surface area (Å²) in [5.74, 6) is 0. The highest BCUT2D eigenvalue weighted by Crippen LogP contribution is 2.63. The van der Waals surface area contributed by atoms with Gasteiger partial charge in [-0.3, -0.25) is 0 Å². The van der Waals surface area contributed by atoms with Crippen molar-refractivity contribution in [2.24, 2.45) is 0 Å². The van der Waals surface area contributed by atoms with Crippen molar-refractivity contribution >= 4 is 49.8 Å². The molecule has 0 fully saturated rings. The molecular weight excluding hydrogens is 619 g/mol. The Bertz CT molecular complexity index is 2820. The number of aryl methyl sites for hydroxylation is 2. The van der Waals surface area contributed by atoms with Crippen molar-refractivity contribution in [3.05, 3.63) is 197 Å². The number of rotatable bonds is 3. The molecule has 3 aliphatic rings. The second kappa shape index (κ2) is 9.87. The number of fused-ring (bicyclic) bond motifs is 13. The Hall–Kier alpha value is -6.38. The van der Waals surface area contributed by atoms with Crippen molar-refractivity contribution in [1.29, 1.82) is 0 Å². The summed E-state index contributed by atoms with van der Waals surface area (Å²) < 4.78 is 7.37. The highest BCUT2D eigenvalue weighted by atomic mass is 16.3. The average molecular weight is 650 g/mol. The molecule has 9 aromatic rings. The summed E-state index contributed by atoms with van der Waals surface area (Å²) in [5, 5.41) is 5.11. The van der Waals surface area contributed by atoms with Gasteiger partial charge in [-0.1, -0.05) is 133 Å². The SMILES string of the molecule is c1ccc(N(c2ccccc2)c2cccc3c2oc2c4c(ccc23)C2(c3ccccc3-c3ccccc32)c2ccc3c5c(ccc-4c25)CC3)cc1. The van der Waals surface area contributed by atoms with E-state index in [2.05, 4.69) is 169 Å². The van der Waals surface area contributed by atoms with Crippen LogP contribution in [0.5, 0.6) is 0 Å². The predicted molar refractivity (Wildman–Crippen MR) is 210 cm³/mol. The topological polar surface area (TPSA) is 16.4 Å². The zero-order valence-electron chi connectivity index (χ0n) is 27.9. The van der Waals surface area contributed by atoms with Gasteiger partial charge in [0.2, 0.25) is 0 Å². The Labute approximate surface area is 295 Å². The Kier molecular flexibility index (Phi) is 5.31. The van der Waals surface area contributed by atoms with Crippen LogP contribution >= 0.6 is 0 Å². The smallest absolute Gasteiger partial charge is 0.159 e. The van der Waals surface area contributed by atoms with Gasteiger partial charge in [0.25, 0.3) is 0 Å². The van der Waals surface area contributed by atoms with Gasteiger partial charge in [-0.25, -0.2) is 0 Å². The van der Waals surface area contributed by atoms with Crippen LogP contribution in [0.1, 0.15) is 33.4 Å². The summed E-state index contributed by atoms with van der Waals surface area (Å²) in [4.78, 5) is 2.32. The standard InChI is InChI=1S/C49H31NO/c1-3-12-32(13-4-1)50(33-14-5-2-6-15-33)43-21-11-18-36-37-27-29-42-46(48(37)51-47(36)43)38-26-24-30-22-23-31-25-28-41(45(38)44(30)31)49(42)39-19-9-7-16-34(39)35-17-8-10-20-40(35)49/h1-21,24-29H,22-23H2. The first-order valence-corrected chi connectivity index (χ1v) is 18.0. The van der Waals surface area contributed by atoms with E-state index in [1.54, 1.807) is 0 Å². The second-order valence-corrected chi connectivity index (χ2v) is 14.3. The molecule has 12 rings (SSSR count). The highest BCUT2D eigenvalue weighted by Gasteiger charge is 2.51. The van der Waals surface area contributed by atoms with Crippen LogP contribution in [0.2, 0.25) is 0 Å². The van der Waals surface area contributed by atoms with E-state index in [1.807, 2.05) is 0 Å². The third kappa shape index (κ3) is 3.38. The minimum Gasteiger partial charge on any atom is -0.453 e. The van der Waals surface area contributed by atoms with Crippen LogP contribution < -0.4 is 4.90 Å². The van der Waals surface area contributed by atoms with Crippen LogP contribution in [0.25, 0.3) is 55.0 Å². The first-order valence-electron chi connectivity index (χ1n) is 18.0. The zero-order chi connectivity index (χ0) is 33.3. The maximum Gasteiger partial charge on any atom is 0.159 e. The number of hydrogen-bond donors (Lipinski definition) is 0. The molecule has 0 unspecified atom stereocenters. The molecule has 1 heterocycles. The van der Waals surface area contributed by atoms with Gasteiger partial charge in [0.05, 0.1) is 11.1 Å². The van der Waals surface area contributed by atoms with Crippen molar-refractivity contribution < 1.29 is 4.42 Å². The Morgan fingerprint density at radius 3 is 1.69 bits per heavy atom. The Balaban J connectivity index is 1.24. The molecule has 0 aliphatic heterocycles. The van der Waals surface area contributed by atoms with Gasteiger partial charge in [-0.2, -0.15) is 0 Å². The lowest BCUT2D eigenvalue weighted by Crippen LogP contribution is -2.32. The number of hydrogen-bond acceptors (Lipinski definition) is 2. The maximum atomic E-state index is 7.37. The normalized spacial score (nSPS) is 14.3. The fourth-order valence-electron chi connectivity index (χ4n) is 9.99. The molecule has 0 radical (unpaired) electrons. The first-order chi connectivity index (χ1) is 25.3. The Morgan fingerprint density at radius 1 is 0.412 bits per heavy atom. The first kappa shape index (κ1) is 27.4. The van der Waals surface area contributed by atoms with Crippen LogP contribution in [0, 0.1) is 0 Å². The van der Waals surface area contributed by atoms with E-state index in [9.17, 15) is 0 Å². The average Bonchev–Trinajstić information content (AvgIpc) is 3.88. The van der Waals surface area contributed by atoms with E-state index in [-0.39, 0.29) is 0 Å². The number of nitrogens with zero attached hydrogens (tertiary/aromatic N) is 1. The second-order valence-electron chi connectivity index (χ2n) is 14.3. The van der Waals surface area contributed by atoms with E-state index in [1.165, 1.54) is 66.4 Å². The van der Waals surface area contributed by atoms with Gasteiger partial charge < -0.3 is 9.32 Å². The van der Waals surface area contributed by atoms with Crippen molar-refractivity contribution in [2.75, 3.05) is 4.90 Å². The van der Waals surface area contributed by atoms with E-state index < -0.39 is 5.41 Å². The molecule has 2 nitrogen and oxygen atoms in total. The lowest BCUT2D eigenvalue weighted by molar-refractivity contribution is 0.667. The number of anilines is 3. The molecule has 1 spiro atoms. The minimum atomic E-state index is -0.467. The summed E-state index contributed by atoms with van der Waals surface area (Å²) in [6.07, 6.45) is 2.19. The number of para-hydroxylation sites is 3. The van der Waals surface area contributed by atoms with Crippen LogP contribution in [-0.2, 0) is 18.3 Å². The quantitative estimate of drug-likeness (QED) is 0.189. The molecule has 8 aromatic carbocycles. The van der Waals surface area contributed by atoms with Crippen LogP contribution in [0.15, 0.2) is 168 Å². The molecule has 1 aromatic heterocycles. The van der Waals surface area contributed by atoms with Crippen molar-refractivity contribution in [1.82, 2.24) is 0 Å². The Morgan fingerprint density at radius 2 is 1.00 bits per heavy atom. The van der Waals surface area contributed by atoms with Gasteiger partial charge in [-0.05, 0) is 104 Å². The monoisotopic (exact) mass is 649 g/mol. The lowest BCUT2D eigenvalue weighted by atomic mass is 9.61. The third-order valence-corrected chi connectivity index (χ3v) is 11.9. The highest BCUT2D eigenvalue weighted by molar-refractivity contribution is 6.19. The number of furan rings is 1. The van der Waals surface area contributed by atoms with Crippen molar-refractivity contribution in [2.45, 2.75) is 18.3 Å². The summed E-state index contributed by atoms with van der Waals surface area (Å²) in [5.41, 5.74) is 18.1. The third-order valence-electron chi connectivity index (χ3n) is 11.9. The van der Waals surface area contributed by atoms with Crippen molar-refractivity contribution in [3.8, 4) is 22.3 Å². The van der Waals surface area contributed by atoms with Crippen LogP contribution in [-0.4, -0.2) is 0 Å². The maximum absolute atomic E-state index is 7.37. The molecule has 2 heteroatoms. The summed E-state index contributed by atoms with van der Waals surface area (Å²) in [6, 6.07) is 60.4. The summed E-state index contributed by atoms with van der Waals surface area (Å²) >= 11 is 0. The van der Waals surface area contributed by atoms with Crippen LogP contribution in [0.4, 0.5) is 17.1 Å². The molecule has 0 saturated carbocycles. The predicted octanol–water partition coefficient (Wildman–Crippen LogP) is 12.7. The zero-order valence-corrected chi connectivity index (χ0v) is 27.9. The largest absolute Gasteiger partial charge is 0.453 e.